The highest BCUT2D eigenvalue weighted by atomic mass is 35.5. The first kappa shape index (κ1) is 16.1. The van der Waals surface area contributed by atoms with Crippen LogP contribution in [0.15, 0.2) is 36.8 Å². The summed E-state index contributed by atoms with van der Waals surface area (Å²) in [5, 5.41) is 18.0. The number of carbonyl (C=O) groups is 1. The second-order valence-electron chi connectivity index (χ2n) is 5.37. The summed E-state index contributed by atoms with van der Waals surface area (Å²) in [6.45, 7) is 0. The molecule has 0 saturated heterocycles. The molecule has 0 spiro atoms. The van der Waals surface area contributed by atoms with Crippen molar-refractivity contribution in [2.24, 2.45) is 5.92 Å². The zero-order valence-corrected chi connectivity index (χ0v) is 12.7. The van der Waals surface area contributed by atoms with Gasteiger partial charge in [-0.15, -0.1) is 12.4 Å². The number of halogens is 1. The molecule has 0 saturated carbocycles. The van der Waals surface area contributed by atoms with Gasteiger partial charge in [0.1, 0.15) is 0 Å². The van der Waals surface area contributed by atoms with Crippen LogP contribution in [0.1, 0.15) is 35.7 Å². The first-order valence-corrected chi connectivity index (χ1v) is 6.91. The van der Waals surface area contributed by atoms with Gasteiger partial charge in [-0.1, -0.05) is 12.1 Å². The summed E-state index contributed by atoms with van der Waals surface area (Å²) in [5.41, 5.74) is 2.76. The molecule has 114 valence electrons. The molecule has 2 heterocycles. The number of aliphatic carboxylic acids is 1. The Morgan fingerprint density at radius 1 is 1.41 bits per heavy atom. The van der Waals surface area contributed by atoms with Crippen molar-refractivity contribution in [2.75, 3.05) is 0 Å². The Morgan fingerprint density at radius 2 is 2.14 bits per heavy atom. The molecule has 1 aliphatic rings. The van der Waals surface area contributed by atoms with Gasteiger partial charge in [0.15, 0.2) is 0 Å². The predicted octanol–water partition coefficient (Wildman–Crippen LogP) is 2.80. The molecular weight excluding hydrogens is 302 g/mol. The van der Waals surface area contributed by atoms with Gasteiger partial charge in [-0.25, -0.2) is 4.98 Å². The van der Waals surface area contributed by atoms with Crippen LogP contribution >= 0.6 is 12.4 Å². The summed E-state index contributed by atoms with van der Waals surface area (Å²) in [5.74, 6) is -0.737. The summed E-state index contributed by atoms with van der Waals surface area (Å²) in [4.78, 5) is 15.3. The van der Waals surface area contributed by atoms with Crippen molar-refractivity contribution in [3.8, 4) is 6.07 Å². The maximum absolute atomic E-state index is 11.1. The van der Waals surface area contributed by atoms with Crippen molar-refractivity contribution in [3.05, 3.63) is 53.6 Å². The zero-order valence-electron chi connectivity index (χ0n) is 11.8. The molecule has 0 aliphatic carbocycles. The highest BCUT2D eigenvalue weighted by Gasteiger charge is 2.31. The number of nitriles is 1. The van der Waals surface area contributed by atoms with Crippen molar-refractivity contribution in [3.63, 3.8) is 0 Å². The molecule has 0 fully saturated rings. The highest BCUT2D eigenvalue weighted by molar-refractivity contribution is 5.85. The molecular formula is C16H16ClN3O2. The van der Waals surface area contributed by atoms with Crippen molar-refractivity contribution >= 4 is 18.4 Å². The van der Waals surface area contributed by atoms with Crippen LogP contribution in [0, 0.1) is 17.2 Å². The van der Waals surface area contributed by atoms with Crippen molar-refractivity contribution in [1.82, 2.24) is 9.55 Å². The molecule has 0 amide bonds. The number of imidazole rings is 1. The first-order valence-electron chi connectivity index (χ1n) is 6.91. The van der Waals surface area contributed by atoms with Crippen LogP contribution in [0.5, 0.6) is 0 Å². The molecule has 2 atom stereocenters. The minimum atomic E-state index is -0.776. The van der Waals surface area contributed by atoms with Crippen LogP contribution in [0.4, 0.5) is 0 Å². The van der Waals surface area contributed by atoms with E-state index in [0.29, 0.717) is 5.56 Å². The number of hydrogen-bond donors (Lipinski definition) is 1. The molecule has 0 radical (unpaired) electrons. The minimum Gasteiger partial charge on any atom is -0.481 e. The Hall–Kier alpha value is -2.32. The summed E-state index contributed by atoms with van der Waals surface area (Å²) in [6, 6.07) is 9.45. The van der Waals surface area contributed by atoms with Gasteiger partial charge in [0, 0.05) is 11.9 Å². The van der Waals surface area contributed by atoms with E-state index in [4.69, 9.17) is 10.4 Å². The smallest absolute Gasteiger partial charge is 0.303 e. The van der Waals surface area contributed by atoms with Gasteiger partial charge in [0.05, 0.1) is 30.4 Å². The molecule has 1 aromatic carbocycles. The average molecular weight is 318 g/mol. The third-order valence-electron chi connectivity index (χ3n) is 4.08. The number of hydrogen-bond acceptors (Lipinski definition) is 3. The normalized spacial score (nSPS) is 19.6. The molecule has 1 aromatic heterocycles. The minimum absolute atomic E-state index is 0. The van der Waals surface area contributed by atoms with Crippen LogP contribution in [-0.4, -0.2) is 20.6 Å². The maximum Gasteiger partial charge on any atom is 0.303 e. The van der Waals surface area contributed by atoms with Crippen molar-refractivity contribution in [2.45, 2.75) is 25.3 Å². The van der Waals surface area contributed by atoms with Gasteiger partial charge in [-0.3, -0.25) is 4.79 Å². The van der Waals surface area contributed by atoms with Gasteiger partial charge in [0.25, 0.3) is 0 Å². The van der Waals surface area contributed by atoms with Crippen LogP contribution in [0.2, 0.25) is 0 Å². The lowest BCUT2D eigenvalue weighted by Crippen LogP contribution is -2.28. The summed E-state index contributed by atoms with van der Waals surface area (Å²) in [6.07, 6.45) is 5.44. The molecule has 2 aromatic rings. The zero-order chi connectivity index (χ0) is 14.8. The number of carboxylic acid groups (broad SMARTS) is 1. The lowest BCUT2D eigenvalue weighted by atomic mass is 9.83. The Kier molecular flexibility index (Phi) is 4.84. The number of nitrogens with zero attached hydrogens (tertiary/aromatic N) is 3. The Bertz CT molecular complexity index is 703. The van der Waals surface area contributed by atoms with E-state index in [0.717, 1.165) is 24.1 Å². The van der Waals surface area contributed by atoms with Gasteiger partial charge in [-0.2, -0.15) is 5.26 Å². The van der Waals surface area contributed by atoms with E-state index in [1.54, 1.807) is 18.5 Å². The van der Waals surface area contributed by atoms with E-state index in [2.05, 4.69) is 15.6 Å². The number of carboxylic acids is 1. The topological polar surface area (TPSA) is 78.9 Å². The number of fused-ring (bicyclic) bond motifs is 1. The molecule has 1 N–H and O–H groups in total. The van der Waals surface area contributed by atoms with Crippen LogP contribution in [0.3, 0.4) is 0 Å². The lowest BCUT2D eigenvalue weighted by molar-refractivity contribution is -0.138. The van der Waals surface area contributed by atoms with Gasteiger partial charge >= 0.3 is 5.97 Å². The van der Waals surface area contributed by atoms with E-state index in [1.165, 1.54) is 0 Å². The Balaban J connectivity index is 0.00000176. The highest BCUT2D eigenvalue weighted by Crippen LogP contribution is 2.37. The summed E-state index contributed by atoms with van der Waals surface area (Å²) < 4.78 is 2.07. The van der Waals surface area contributed by atoms with E-state index in [9.17, 15) is 4.79 Å². The predicted molar refractivity (Wildman–Crippen MR) is 82.8 cm³/mol. The Labute approximate surface area is 134 Å². The Morgan fingerprint density at radius 3 is 2.77 bits per heavy atom. The molecule has 3 rings (SSSR count). The molecule has 0 bridgehead atoms. The van der Waals surface area contributed by atoms with Crippen molar-refractivity contribution in [1.29, 1.82) is 5.26 Å². The standard InChI is InChI=1S/C16H15N3O2.ClH/c17-8-11-1-3-12(4-2-11)16-13(7-15(20)21)5-6-14-9-18-10-19(14)16;/h1-4,9-10,13,16H,5-7H2,(H,20,21);1H. The largest absolute Gasteiger partial charge is 0.481 e. The van der Waals surface area contributed by atoms with Gasteiger partial charge in [-0.05, 0) is 36.5 Å². The van der Waals surface area contributed by atoms with Crippen LogP contribution < -0.4 is 0 Å². The third-order valence-corrected chi connectivity index (χ3v) is 4.08. The molecule has 2 unspecified atom stereocenters. The second kappa shape index (κ2) is 6.63. The molecule has 22 heavy (non-hydrogen) atoms. The summed E-state index contributed by atoms with van der Waals surface area (Å²) in [7, 11) is 0. The van der Waals surface area contributed by atoms with E-state index < -0.39 is 5.97 Å². The fraction of sp³-hybridized carbons (Fsp3) is 0.312. The van der Waals surface area contributed by atoms with Crippen LogP contribution in [-0.2, 0) is 11.2 Å². The van der Waals surface area contributed by atoms with Gasteiger partial charge in [0.2, 0.25) is 0 Å². The summed E-state index contributed by atoms with van der Waals surface area (Å²) >= 11 is 0. The second-order valence-corrected chi connectivity index (χ2v) is 5.37. The quantitative estimate of drug-likeness (QED) is 0.944. The lowest BCUT2D eigenvalue weighted by Gasteiger charge is -2.33. The average Bonchev–Trinajstić information content (AvgIpc) is 2.95. The maximum atomic E-state index is 11.1. The number of aryl methyl sites for hydroxylation is 1. The fourth-order valence-corrected chi connectivity index (χ4v) is 3.12. The third kappa shape index (κ3) is 2.97. The van der Waals surface area contributed by atoms with Crippen LogP contribution in [0.25, 0.3) is 0 Å². The molecule has 5 nitrogen and oxygen atoms in total. The monoisotopic (exact) mass is 317 g/mol. The number of aromatic nitrogens is 2. The number of benzene rings is 1. The van der Waals surface area contributed by atoms with Crippen molar-refractivity contribution < 1.29 is 9.90 Å². The molecule has 1 aliphatic heterocycles. The van der Waals surface area contributed by atoms with E-state index in [1.807, 2.05) is 18.3 Å². The van der Waals surface area contributed by atoms with E-state index in [-0.39, 0.29) is 30.8 Å². The molecule has 6 heteroatoms. The number of rotatable bonds is 3. The first-order chi connectivity index (χ1) is 10.2. The SMILES string of the molecule is Cl.N#Cc1ccc(C2C(CC(=O)O)CCc3cncn32)cc1. The fourth-order valence-electron chi connectivity index (χ4n) is 3.12. The van der Waals surface area contributed by atoms with E-state index >= 15 is 0 Å². The van der Waals surface area contributed by atoms with Gasteiger partial charge < -0.3 is 9.67 Å².